The molecule has 0 amide bonds. The fraction of sp³-hybridized carbons (Fsp3) is 0.333. The first-order valence-corrected chi connectivity index (χ1v) is 7.23. The highest BCUT2D eigenvalue weighted by molar-refractivity contribution is 5.27. The molecule has 0 heterocycles. The number of hydrogen-bond donors (Lipinski definition) is 1. The summed E-state index contributed by atoms with van der Waals surface area (Å²) in [4.78, 5) is 2.03. The Hall–Kier alpha value is -1.71. The molecule has 0 saturated heterocycles. The van der Waals surface area contributed by atoms with Crippen LogP contribution in [-0.4, -0.2) is 23.6 Å². The standard InChI is InChI=1S/C18H22FNO/c1-14-7-3-5-9-16(14)18(21)11-12-20(2)13-15-8-4-6-10-17(15)19/h3-10,18,21H,11-13H2,1-2H3. The van der Waals surface area contributed by atoms with Gasteiger partial charge in [0.25, 0.3) is 0 Å². The van der Waals surface area contributed by atoms with Crippen molar-refractivity contribution in [2.24, 2.45) is 0 Å². The van der Waals surface area contributed by atoms with Gasteiger partial charge in [-0.3, -0.25) is 0 Å². The lowest BCUT2D eigenvalue weighted by atomic mass is 10.0. The van der Waals surface area contributed by atoms with Crippen molar-refractivity contribution in [1.82, 2.24) is 4.90 Å². The zero-order chi connectivity index (χ0) is 15.2. The van der Waals surface area contributed by atoms with E-state index in [1.807, 2.05) is 49.2 Å². The van der Waals surface area contributed by atoms with Gasteiger partial charge in [-0.2, -0.15) is 0 Å². The molecule has 0 aliphatic heterocycles. The van der Waals surface area contributed by atoms with E-state index >= 15 is 0 Å². The van der Waals surface area contributed by atoms with Crippen LogP contribution in [0.4, 0.5) is 4.39 Å². The first kappa shape index (κ1) is 15.7. The highest BCUT2D eigenvalue weighted by Crippen LogP contribution is 2.20. The molecule has 1 N–H and O–H groups in total. The van der Waals surface area contributed by atoms with Crippen molar-refractivity contribution in [2.75, 3.05) is 13.6 Å². The second kappa shape index (κ2) is 7.34. The number of aryl methyl sites for hydroxylation is 1. The average Bonchev–Trinajstić information content (AvgIpc) is 2.48. The van der Waals surface area contributed by atoms with E-state index in [0.717, 1.165) is 11.1 Å². The summed E-state index contributed by atoms with van der Waals surface area (Å²) in [6, 6.07) is 14.7. The number of aliphatic hydroxyl groups is 1. The number of benzene rings is 2. The second-order valence-electron chi connectivity index (χ2n) is 5.49. The molecule has 2 rings (SSSR count). The largest absolute Gasteiger partial charge is 0.388 e. The zero-order valence-electron chi connectivity index (χ0n) is 12.6. The van der Waals surface area contributed by atoms with Gasteiger partial charge in [0.1, 0.15) is 5.82 Å². The van der Waals surface area contributed by atoms with Crippen molar-refractivity contribution in [1.29, 1.82) is 0 Å². The van der Waals surface area contributed by atoms with Crippen molar-refractivity contribution in [2.45, 2.75) is 26.0 Å². The molecule has 0 fully saturated rings. The molecule has 0 aliphatic rings. The molecule has 0 saturated carbocycles. The number of nitrogens with zero attached hydrogens (tertiary/aromatic N) is 1. The van der Waals surface area contributed by atoms with Crippen molar-refractivity contribution in [3.8, 4) is 0 Å². The van der Waals surface area contributed by atoms with Crippen LogP contribution >= 0.6 is 0 Å². The van der Waals surface area contributed by atoms with Crippen LogP contribution in [0.25, 0.3) is 0 Å². The zero-order valence-corrected chi connectivity index (χ0v) is 12.6. The van der Waals surface area contributed by atoms with Crippen LogP contribution in [0.15, 0.2) is 48.5 Å². The van der Waals surface area contributed by atoms with Crippen LogP contribution in [0, 0.1) is 12.7 Å². The van der Waals surface area contributed by atoms with E-state index in [1.165, 1.54) is 6.07 Å². The summed E-state index contributed by atoms with van der Waals surface area (Å²) >= 11 is 0. The SMILES string of the molecule is Cc1ccccc1C(O)CCN(C)Cc1ccccc1F. The van der Waals surface area contributed by atoms with Gasteiger partial charge in [0.2, 0.25) is 0 Å². The Morgan fingerprint density at radius 1 is 1.10 bits per heavy atom. The molecule has 2 aromatic carbocycles. The summed E-state index contributed by atoms with van der Waals surface area (Å²) in [7, 11) is 1.94. The van der Waals surface area contributed by atoms with E-state index < -0.39 is 6.10 Å². The third-order valence-corrected chi connectivity index (χ3v) is 3.73. The Bertz CT molecular complexity index is 585. The van der Waals surface area contributed by atoms with Gasteiger partial charge >= 0.3 is 0 Å². The second-order valence-corrected chi connectivity index (χ2v) is 5.49. The Morgan fingerprint density at radius 3 is 2.48 bits per heavy atom. The van der Waals surface area contributed by atoms with Crippen molar-refractivity contribution >= 4 is 0 Å². The van der Waals surface area contributed by atoms with E-state index in [1.54, 1.807) is 12.1 Å². The summed E-state index contributed by atoms with van der Waals surface area (Å²) < 4.78 is 13.6. The van der Waals surface area contributed by atoms with Crippen molar-refractivity contribution in [3.05, 3.63) is 71.0 Å². The van der Waals surface area contributed by atoms with Gasteiger partial charge in [0.05, 0.1) is 6.10 Å². The van der Waals surface area contributed by atoms with Crippen molar-refractivity contribution < 1.29 is 9.50 Å². The van der Waals surface area contributed by atoms with Crippen LogP contribution in [0.5, 0.6) is 0 Å². The fourth-order valence-electron chi connectivity index (χ4n) is 2.46. The minimum Gasteiger partial charge on any atom is -0.388 e. The molecular weight excluding hydrogens is 265 g/mol. The first-order chi connectivity index (χ1) is 10.1. The number of rotatable bonds is 6. The molecule has 21 heavy (non-hydrogen) atoms. The normalized spacial score (nSPS) is 12.6. The fourth-order valence-corrected chi connectivity index (χ4v) is 2.46. The van der Waals surface area contributed by atoms with Crippen molar-refractivity contribution in [3.63, 3.8) is 0 Å². The number of halogens is 1. The molecule has 0 spiro atoms. The lowest BCUT2D eigenvalue weighted by Crippen LogP contribution is -2.21. The number of aliphatic hydroxyl groups excluding tert-OH is 1. The third-order valence-electron chi connectivity index (χ3n) is 3.73. The molecule has 2 aromatic rings. The molecule has 0 radical (unpaired) electrons. The molecule has 0 bridgehead atoms. The van der Waals surface area contributed by atoms with Gasteiger partial charge in [-0.1, -0.05) is 42.5 Å². The lowest BCUT2D eigenvalue weighted by molar-refractivity contribution is 0.147. The summed E-state index contributed by atoms with van der Waals surface area (Å²) in [5, 5.41) is 10.3. The number of hydrogen-bond acceptors (Lipinski definition) is 2. The Balaban J connectivity index is 1.88. The molecule has 1 unspecified atom stereocenters. The van der Waals surface area contributed by atoms with Crippen LogP contribution in [-0.2, 0) is 6.54 Å². The van der Waals surface area contributed by atoms with Crippen LogP contribution in [0.3, 0.4) is 0 Å². The Labute approximate surface area is 125 Å². The Morgan fingerprint density at radius 2 is 1.76 bits per heavy atom. The molecule has 1 atom stereocenters. The van der Waals surface area contributed by atoms with Gasteiger partial charge in [-0.15, -0.1) is 0 Å². The molecular formula is C18H22FNO. The maximum atomic E-state index is 13.6. The predicted octanol–water partition coefficient (Wildman–Crippen LogP) is 3.69. The van der Waals surface area contributed by atoms with Gasteiger partial charge < -0.3 is 10.0 Å². The van der Waals surface area contributed by atoms with Crippen LogP contribution < -0.4 is 0 Å². The lowest BCUT2D eigenvalue weighted by Gasteiger charge is -2.20. The van der Waals surface area contributed by atoms with Gasteiger partial charge in [-0.25, -0.2) is 4.39 Å². The van der Waals surface area contributed by atoms with E-state index in [-0.39, 0.29) is 5.82 Å². The summed E-state index contributed by atoms with van der Waals surface area (Å²) in [5.74, 6) is -0.177. The van der Waals surface area contributed by atoms with E-state index in [0.29, 0.717) is 25.1 Å². The van der Waals surface area contributed by atoms with E-state index in [9.17, 15) is 9.50 Å². The molecule has 0 aromatic heterocycles. The quantitative estimate of drug-likeness (QED) is 0.876. The minimum atomic E-state index is -0.478. The van der Waals surface area contributed by atoms with E-state index in [4.69, 9.17) is 0 Å². The summed E-state index contributed by atoms with van der Waals surface area (Å²) in [6.45, 7) is 3.26. The molecule has 3 heteroatoms. The van der Waals surface area contributed by atoms with Gasteiger partial charge in [0.15, 0.2) is 0 Å². The molecule has 0 aliphatic carbocycles. The maximum Gasteiger partial charge on any atom is 0.127 e. The highest BCUT2D eigenvalue weighted by atomic mass is 19.1. The predicted molar refractivity (Wildman–Crippen MR) is 83.5 cm³/mol. The summed E-state index contributed by atoms with van der Waals surface area (Å²) in [5.41, 5.74) is 2.75. The van der Waals surface area contributed by atoms with Gasteiger partial charge in [0, 0.05) is 18.7 Å². The topological polar surface area (TPSA) is 23.5 Å². The third kappa shape index (κ3) is 4.38. The minimum absolute atomic E-state index is 0.177. The maximum absolute atomic E-state index is 13.6. The van der Waals surface area contributed by atoms with Gasteiger partial charge in [-0.05, 0) is 37.6 Å². The molecule has 2 nitrogen and oxygen atoms in total. The van der Waals surface area contributed by atoms with E-state index in [2.05, 4.69) is 0 Å². The molecule has 112 valence electrons. The smallest absolute Gasteiger partial charge is 0.127 e. The monoisotopic (exact) mass is 287 g/mol. The highest BCUT2D eigenvalue weighted by Gasteiger charge is 2.12. The Kier molecular flexibility index (Phi) is 5.48. The van der Waals surface area contributed by atoms with Crippen LogP contribution in [0.2, 0.25) is 0 Å². The summed E-state index contributed by atoms with van der Waals surface area (Å²) in [6.07, 6.45) is 0.157. The van der Waals surface area contributed by atoms with Crippen LogP contribution in [0.1, 0.15) is 29.2 Å². The average molecular weight is 287 g/mol. The first-order valence-electron chi connectivity index (χ1n) is 7.23.